The van der Waals surface area contributed by atoms with E-state index < -0.39 is 5.78 Å². The lowest BCUT2D eigenvalue weighted by molar-refractivity contribution is -0.119. The number of para-hydroxylation sites is 1. The summed E-state index contributed by atoms with van der Waals surface area (Å²) in [6.45, 7) is 3.68. The minimum Gasteiger partial charge on any atom is -0.492 e. The lowest BCUT2D eigenvalue weighted by Crippen LogP contribution is -2.19. The summed E-state index contributed by atoms with van der Waals surface area (Å²) < 4.78 is 10.4. The van der Waals surface area contributed by atoms with Gasteiger partial charge >= 0.3 is 0 Å². The van der Waals surface area contributed by atoms with E-state index >= 15 is 0 Å². The third kappa shape index (κ3) is 2.85. The standard InChI is InChI=1S/C16H14O4/c1-3-6-11-7-4-5-8-13(11)20-15-10-12(17)9-14(19-2)16(15)18/h3-5,7-10H,1,6H2,2H3. The van der Waals surface area contributed by atoms with Crippen LogP contribution in [-0.4, -0.2) is 18.7 Å². The van der Waals surface area contributed by atoms with Gasteiger partial charge in [-0.1, -0.05) is 24.3 Å². The van der Waals surface area contributed by atoms with Gasteiger partial charge < -0.3 is 9.47 Å². The molecule has 0 bridgehead atoms. The van der Waals surface area contributed by atoms with E-state index in [4.69, 9.17) is 9.47 Å². The molecule has 4 nitrogen and oxygen atoms in total. The zero-order valence-electron chi connectivity index (χ0n) is 11.1. The number of hydrogen-bond donors (Lipinski definition) is 0. The van der Waals surface area contributed by atoms with Gasteiger partial charge in [0.25, 0.3) is 5.78 Å². The average molecular weight is 270 g/mol. The first-order valence-corrected chi connectivity index (χ1v) is 6.08. The molecule has 2 rings (SSSR count). The Morgan fingerprint density at radius 2 is 1.85 bits per heavy atom. The van der Waals surface area contributed by atoms with E-state index in [2.05, 4.69) is 6.58 Å². The number of carbonyl (C=O) groups excluding carboxylic acids is 2. The van der Waals surface area contributed by atoms with Crippen molar-refractivity contribution in [2.75, 3.05) is 7.11 Å². The number of methoxy groups -OCH3 is 1. The van der Waals surface area contributed by atoms with Gasteiger partial charge in [-0.3, -0.25) is 9.59 Å². The zero-order valence-corrected chi connectivity index (χ0v) is 11.1. The quantitative estimate of drug-likeness (QED) is 0.609. The molecule has 0 radical (unpaired) electrons. The van der Waals surface area contributed by atoms with Gasteiger partial charge in [-0.15, -0.1) is 6.58 Å². The van der Waals surface area contributed by atoms with Crippen LogP contribution in [-0.2, 0) is 20.7 Å². The molecule has 1 aliphatic rings. The smallest absolute Gasteiger partial charge is 0.262 e. The Hall–Kier alpha value is -2.62. The molecule has 0 heterocycles. The minimum atomic E-state index is -0.444. The number of rotatable bonds is 5. The number of hydrogen-bond acceptors (Lipinski definition) is 4. The van der Waals surface area contributed by atoms with Crippen molar-refractivity contribution in [2.45, 2.75) is 6.42 Å². The van der Waals surface area contributed by atoms with Crippen molar-refractivity contribution in [3.63, 3.8) is 0 Å². The first-order valence-electron chi connectivity index (χ1n) is 6.08. The molecule has 0 saturated heterocycles. The Morgan fingerprint density at radius 3 is 2.55 bits per heavy atom. The SMILES string of the molecule is C=CCc1ccccc1OC1=CC(=O)C=C(OC)C1=O. The monoisotopic (exact) mass is 270 g/mol. The summed E-state index contributed by atoms with van der Waals surface area (Å²) in [4.78, 5) is 23.5. The third-order valence-electron chi connectivity index (χ3n) is 2.77. The van der Waals surface area contributed by atoms with Crippen molar-refractivity contribution in [1.29, 1.82) is 0 Å². The van der Waals surface area contributed by atoms with Gasteiger partial charge in [0.15, 0.2) is 17.3 Å². The van der Waals surface area contributed by atoms with Crippen LogP contribution in [0.15, 0.2) is 60.6 Å². The normalized spacial score (nSPS) is 14.4. The van der Waals surface area contributed by atoms with Crippen LogP contribution in [0.25, 0.3) is 0 Å². The molecule has 0 atom stereocenters. The highest BCUT2D eigenvalue weighted by Crippen LogP contribution is 2.24. The number of benzene rings is 1. The van der Waals surface area contributed by atoms with E-state index in [9.17, 15) is 9.59 Å². The molecule has 20 heavy (non-hydrogen) atoms. The Morgan fingerprint density at radius 1 is 1.15 bits per heavy atom. The zero-order chi connectivity index (χ0) is 14.5. The molecule has 0 unspecified atom stereocenters. The Kier molecular flexibility index (Phi) is 4.15. The number of ketones is 2. The van der Waals surface area contributed by atoms with Gasteiger partial charge in [-0.2, -0.15) is 0 Å². The third-order valence-corrected chi connectivity index (χ3v) is 2.77. The second-order valence-corrected chi connectivity index (χ2v) is 4.16. The molecule has 1 aromatic carbocycles. The molecular weight excluding hydrogens is 256 g/mol. The van der Waals surface area contributed by atoms with E-state index in [-0.39, 0.29) is 17.3 Å². The van der Waals surface area contributed by atoms with Gasteiger partial charge in [0.05, 0.1) is 7.11 Å². The number of ether oxygens (including phenoxy) is 2. The van der Waals surface area contributed by atoms with Crippen LogP contribution in [0.1, 0.15) is 5.56 Å². The van der Waals surface area contributed by atoms with Crippen LogP contribution in [0, 0.1) is 0 Å². The predicted molar refractivity (Wildman–Crippen MR) is 74.2 cm³/mol. The summed E-state index contributed by atoms with van der Waals surface area (Å²) in [7, 11) is 1.34. The van der Waals surface area contributed by atoms with Crippen molar-refractivity contribution >= 4 is 11.6 Å². The molecule has 0 N–H and O–H groups in total. The van der Waals surface area contributed by atoms with Gasteiger partial charge in [0.1, 0.15) is 5.75 Å². The second-order valence-electron chi connectivity index (χ2n) is 4.16. The van der Waals surface area contributed by atoms with Crippen molar-refractivity contribution < 1.29 is 19.1 Å². The highest BCUT2D eigenvalue weighted by Gasteiger charge is 2.25. The van der Waals surface area contributed by atoms with Gasteiger partial charge in [-0.05, 0) is 18.1 Å². The Bertz CT molecular complexity index is 623. The predicted octanol–water partition coefficient (Wildman–Crippen LogP) is 2.36. The summed E-state index contributed by atoms with van der Waals surface area (Å²) in [6.07, 6.45) is 4.66. The number of Topliss-reactive ketones (excluding diaryl/α,β-unsaturated/α-hetero) is 1. The largest absolute Gasteiger partial charge is 0.492 e. The molecule has 0 fully saturated rings. The fourth-order valence-corrected chi connectivity index (χ4v) is 1.83. The molecule has 1 aromatic rings. The van der Waals surface area contributed by atoms with E-state index in [1.54, 1.807) is 18.2 Å². The fourth-order valence-electron chi connectivity index (χ4n) is 1.83. The number of carbonyl (C=O) groups is 2. The highest BCUT2D eigenvalue weighted by atomic mass is 16.5. The van der Waals surface area contributed by atoms with Gasteiger partial charge in [-0.25, -0.2) is 0 Å². The molecule has 0 spiro atoms. The maximum Gasteiger partial charge on any atom is 0.262 e. The van der Waals surface area contributed by atoms with Crippen LogP contribution in [0.3, 0.4) is 0 Å². The molecule has 1 aliphatic carbocycles. The van der Waals surface area contributed by atoms with E-state index in [0.717, 1.165) is 17.7 Å². The molecule has 102 valence electrons. The van der Waals surface area contributed by atoms with E-state index in [1.807, 2.05) is 12.1 Å². The lowest BCUT2D eigenvalue weighted by atomic mass is 10.1. The van der Waals surface area contributed by atoms with Crippen LogP contribution in [0.4, 0.5) is 0 Å². The lowest BCUT2D eigenvalue weighted by Gasteiger charge is -2.15. The van der Waals surface area contributed by atoms with E-state index in [0.29, 0.717) is 12.2 Å². The second kappa shape index (κ2) is 6.02. The molecule has 0 aromatic heterocycles. The summed E-state index contributed by atoms with van der Waals surface area (Å²) >= 11 is 0. The van der Waals surface area contributed by atoms with Gasteiger partial charge in [0.2, 0.25) is 0 Å². The average Bonchev–Trinajstić information content (AvgIpc) is 2.44. The van der Waals surface area contributed by atoms with E-state index in [1.165, 1.54) is 7.11 Å². The van der Waals surface area contributed by atoms with Crippen LogP contribution >= 0.6 is 0 Å². The maximum atomic E-state index is 12.0. The van der Waals surface area contributed by atoms with Crippen molar-refractivity contribution in [3.05, 3.63) is 66.2 Å². The first kappa shape index (κ1) is 13.8. The molecule has 0 aliphatic heterocycles. The Balaban J connectivity index is 2.28. The minimum absolute atomic E-state index is 0.0197. The van der Waals surface area contributed by atoms with Crippen LogP contribution in [0.5, 0.6) is 5.75 Å². The van der Waals surface area contributed by atoms with Crippen molar-refractivity contribution in [1.82, 2.24) is 0 Å². The maximum absolute atomic E-state index is 12.0. The Labute approximate surface area is 117 Å². The van der Waals surface area contributed by atoms with Crippen LogP contribution < -0.4 is 4.74 Å². The molecule has 0 amide bonds. The summed E-state index contributed by atoms with van der Waals surface area (Å²) in [5.74, 6) is -0.310. The number of allylic oxidation sites excluding steroid dienone is 3. The summed E-state index contributed by atoms with van der Waals surface area (Å²) in [5, 5.41) is 0. The fraction of sp³-hybridized carbons (Fsp3) is 0.125. The highest BCUT2D eigenvalue weighted by molar-refractivity contribution is 6.18. The van der Waals surface area contributed by atoms with Crippen LogP contribution in [0.2, 0.25) is 0 Å². The topological polar surface area (TPSA) is 52.6 Å². The first-order chi connectivity index (χ1) is 9.65. The summed E-state index contributed by atoms with van der Waals surface area (Å²) in [6, 6.07) is 7.28. The summed E-state index contributed by atoms with van der Waals surface area (Å²) in [5.41, 5.74) is 0.886. The molecular formula is C16H14O4. The van der Waals surface area contributed by atoms with Crippen molar-refractivity contribution in [3.8, 4) is 5.75 Å². The molecule has 4 heteroatoms. The van der Waals surface area contributed by atoms with Gasteiger partial charge in [0, 0.05) is 12.2 Å². The van der Waals surface area contributed by atoms with Crippen molar-refractivity contribution in [2.24, 2.45) is 0 Å². The molecule has 0 saturated carbocycles.